The summed E-state index contributed by atoms with van der Waals surface area (Å²) in [6.07, 6.45) is 4.98. The molecule has 0 aliphatic heterocycles. The Labute approximate surface area is 197 Å². The highest BCUT2D eigenvalue weighted by molar-refractivity contribution is 6.63. The lowest BCUT2D eigenvalue weighted by atomic mass is 9.69. The van der Waals surface area contributed by atoms with Crippen LogP contribution in [0.15, 0.2) is 42.6 Å². The van der Waals surface area contributed by atoms with Crippen LogP contribution >= 0.6 is 0 Å². The standard InChI is InChI=1S/C22H31B3N5O3/c1-23-33-30-19-11-5-4-10-18(19)27-21(30)16-28(14-15-29(24(2)31)25(3)32)20-12-6-8-17-9-7-13-26-22(17)20/h4-5,7,9-11,13,20,31-32H,6,8,12,14-16H2,1-3H3. The maximum Gasteiger partial charge on any atom is 0.405 e. The summed E-state index contributed by atoms with van der Waals surface area (Å²) in [5.74, 6) is 0.804. The van der Waals surface area contributed by atoms with Gasteiger partial charge in [-0.2, -0.15) is 4.73 Å². The largest absolute Gasteiger partial charge is 0.488 e. The Morgan fingerprint density at radius 2 is 1.94 bits per heavy atom. The van der Waals surface area contributed by atoms with Crippen molar-refractivity contribution >= 4 is 32.6 Å². The molecule has 1 atom stereocenters. The number of hydrogen-bond donors (Lipinski definition) is 2. The van der Waals surface area contributed by atoms with Gasteiger partial charge in [-0.1, -0.05) is 18.2 Å². The number of fused-ring (bicyclic) bond motifs is 2. The first kappa shape index (κ1) is 23.8. The molecule has 3 aromatic rings. The van der Waals surface area contributed by atoms with E-state index in [0.717, 1.165) is 41.8 Å². The van der Waals surface area contributed by atoms with Gasteiger partial charge in [0.05, 0.1) is 23.8 Å². The first-order valence-corrected chi connectivity index (χ1v) is 11.7. The summed E-state index contributed by atoms with van der Waals surface area (Å²) in [5, 5.41) is 20.3. The number of aromatic nitrogens is 3. The van der Waals surface area contributed by atoms with Gasteiger partial charge >= 0.3 is 21.6 Å². The average molecular weight is 446 g/mol. The van der Waals surface area contributed by atoms with Gasteiger partial charge < -0.3 is 19.5 Å². The third kappa shape index (κ3) is 5.27. The normalized spacial score (nSPS) is 15.7. The fourth-order valence-electron chi connectivity index (χ4n) is 4.77. The van der Waals surface area contributed by atoms with Crippen molar-refractivity contribution in [3.05, 3.63) is 59.7 Å². The number of benzene rings is 1. The van der Waals surface area contributed by atoms with Crippen molar-refractivity contribution in [1.29, 1.82) is 0 Å². The van der Waals surface area contributed by atoms with E-state index in [9.17, 15) is 10.0 Å². The smallest absolute Gasteiger partial charge is 0.405 e. The van der Waals surface area contributed by atoms with E-state index in [-0.39, 0.29) is 6.04 Å². The van der Waals surface area contributed by atoms with Crippen molar-refractivity contribution in [2.45, 2.75) is 52.3 Å². The van der Waals surface area contributed by atoms with E-state index in [1.807, 2.05) is 43.4 Å². The van der Waals surface area contributed by atoms with Crippen molar-refractivity contribution in [1.82, 2.24) is 24.3 Å². The first-order valence-electron chi connectivity index (χ1n) is 11.7. The molecule has 0 spiro atoms. The highest BCUT2D eigenvalue weighted by Crippen LogP contribution is 2.34. The molecule has 2 aromatic heterocycles. The minimum Gasteiger partial charge on any atom is -0.488 e. The summed E-state index contributed by atoms with van der Waals surface area (Å²) in [4.78, 5) is 12.0. The van der Waals surface area contributed by atoms with Gasteiger partial charge in [0.1, 0.15) is 5.52 Å². The quantitative estimate of drug-likeness (QED) is 0.461. The van der Waals surface area contributed by atoms with Crippen molar-refractivity contribution < 1.29 is 14.8 Å². The van der Waals surface area contributed by atoms with Crippen molar-refractivity contribution in [3.63, 3.8) is 0 Å². The number of imidazole rings is 1. The van der Waals surface area contributed by atoms with Gasteiger partial charge in [-0.15, -0.1) is 0 Å². The summed E-state index contributed by atoms with van der Waals surface area (Å²) < 4.78 is 9.30. The number of pyridine rings is 1. The van der Waals surface area contributed by atoms with E-state index < -0.39 is 14.1 Å². The highest BCUT2D eigenvalue weighted by atomic mass is 16.6. The minimum absolute atomic E-state index is 0.124. The maximum atomic E-state index is 10.2. The van der Waals surface area contributed by atoms with Crippen molar-refractivity contribution in [2.24, 2.45) is 0 Å². The lowest BCUT2D eigenvalue weighted by molar-refractivity contribution is 0.145. The molecule has 0 fully saturated rings. The fraction of sp³-hybridized carbons (Fsp3) is 0.455. The van der Waals surface area contributed by atoms with E-state index in [1.54, 1.807) is 30.6 Å². The Kier molecular flexibility index (Phi) is 7.75. The SMILES string of the molecule is C[B]On1c(CN(CCN(B(C)O)B(C)O)C2CCCc3cccnc32)nc2ccccc21. The lowest BCUT2D eigenvalue weighted by Crippen LogP contribution is -2.50. The third-order valence-electron chi connectivity index (χ3n) is 6.35. The molecule has 171 valence electrons. The van der Waals surface area contributed by atoms with Crippen LogP contribution in [0, 0.1) is 0 Å². The third-order valence-corrected chi connectivity index (χ3v) is 6.35. The van der Waals surface area contributed by atoms with Gasteiger partial charge in [0.2, 0.25) is 0 Å². The van der Waals surface area contributed by atoms with Gasteiger partial charge in [0.25, 0.3) is 0 Å². The van der Waals surface area contributed by atoms with Gasteiger partial charge in [-0.3, -0.25) is 9.88 Å². The zero-order valence-electron chi connectivity index (χ0n) is 19.6. The van der Waals surface area contributed by atoms with Crippen LogP contribution in [-0.4, -0.2) is 69.0 Å². The number of rotatable bonds is 10. The van der Waals surface area contributed by atoms with Crippen molar-refractivity contribution in [3.8, 4) is 0 Å². The molecule has 2 heterocycles. The van der Waals surface area contributed by atoms with Crippen LogP contribution in [0.1, 0.15) is 36.0 Å². The molecule has 1 unspecified atom stereocenters. The van der Waals surface area contributed by atoms with Gasteiger partial charge in [-0.25, -0.2) is 4.98 Å². The molecule has 1 radical (unpaired) electrons. The topological polar surface area (TPSA) is 86.9 Å². The Hall–Kier alpha value is -2.33. The van der Waals surface area contributed by atoms with Crippen LogP contribution in [0.25, 0.3) is 11.0 Å². The summed E-state index contributed by atoms with van der Waals surface area (Å²) >= 11 is 0. The van der Waals surface area contributed by atoms with Crippen molar-refractivity contribution in [2.75, 3.05) is 13.1 Å². The second-order valence-corrected chi connectivity index (χ2v) is 8.58. The number of nitrogens with zero attached hydrogens (tertiary/aromatic N) is 5. The van der Waals surface area contributed by atoms with Crippen LogP contribution in [0.4, 0.5) is 0 Å². The average Bonchev–Trinajstić information content (AvgIpc) is 3.15. The van der Waals surface area contributed by atoms with Gasteiger partial charge in [0, 0.05) is 12.7 Å². The van der Waals surface area contributed by atoms with Crippen LogP contribution in [0.2, 0.25) is 20.5 Å². The molecular weight excluding hydrogens is 415 g/mol. The highest BCUT2D eigenvalue weighted by Gasteiger charge is 2.31. The molecule has 11 heteroatoms. The maximum absolute atomic E-state index is 10.2. The minimum atomic E-state index is -0.744. The molecular formula is C22H31B3N5O3. The summed E-state index contributed by atoms with van der Waals surface area (Å²) in [6, 6.07) is 12.2. The van der Waals surface area contributed by atoms with Gasteiger partial charge in [-0.05, 0) is 70.0 Å². The van der Waals surface area contributed by atoms with Crippen LogP contribution in [0.5, 0.6) is 0 Å². The Morgan fingerprint density at radius 3 is 2.70 bits per heavy atom. The molecule has 1 aliphatic carbocycles. The Morgan fingerprint density at radius 1 is 1.15 bits per heavy atom. The van der Waals surface area contributed by atoms with Gasteiger partial charge in [0.15, 0.2) is 5.82 Å². The number of para-hydroxylation sites is 2. The van der Waals surface area contributed by atoms with Crippen LogP contribution in [0.3, 0.4) is 0 Å². The van der Waals surface area contributed by atoms with Crippen LogP contribution in [-0.2, 0) is 13.0 Å². The summed E-state index contributed by atoms with van der Waals surface area (Å²) in [5.41, 5.74) is 4.19. The second-order valence-electron chi connectivity index (χ2n) is 8.58. The molecule has 0 saturated heterocycles. The number of aryl methyl sites for hydroxylation is 1. The predicted octanol–water partition coefficient (Wildman–Crippen LogP) is 1.93. The molecule has 0 amide bonds. The zero-order chi connectivity index (χ0) is 23.4. The monoisotopic (exact) mass is 446 g/mol. The van der Waals surface area contributed by atoms with E-state index in [4.69, 9.17) is 14.7 Å². The first-order chi connectivity index (χ1) is 16.0. The number of hydrogen-bond acceptors (Lipinski definition) is 7. The van der Waals surface area contributed by atoms with E-state index in [1.165, 1.54) is 5.56 Å². The summed E-state index contributed by atoms with van der Waals surface area (Å²) in [7, 11) is 0.166. The molecule has 2 N–H and O–H groups in total. The molecule has 0 saturated carbocycles. The molecule has 33 heavy (non-hydrogen) atoms. The molecule has 1 aromatic carbocycles. The molecule has 8 nitrogen and oxygen atoms in total. The predicted molar refractivity (Wildman–Crippen MR) is 133 cm³/mol. The molecule has 1 aliphatic rings. The Bertz CT molecular complexity index is 1060. The second kappa shape index (κ2) is 10.7. The summed E-state index contributed by atoms with van der Waals surface area (Å²) in [6.45, 7) is 6.90. The fourth-order valence-corrected chi connectivity index (χ4v) is 4.77. The van der Waals surface area contributed by atoms with E-state index in [0.29, 0.717) is 19.6 Å². The Balaban J connectivity index is 1.68. The lowest BCUT2D eigenvalue weighted by Gasteiger charge is -2.36. The zero-order valence-corrected chi connectivity index (χ0v) is 19.6. The molecule has 4 rings (SSSR count). The van der Waals surface area contributed by atoms with E-state index >= 15 is 0 Å². The van der Waals surface area contributed by atoms with E-state index in [2.05, 4.69) is 11.0 Å². The van der Waals surface area contributed by atoms with Crippen LogP contribution < -0.4 is 4.76 Å². The molecule has 0 bridgehead atoms.